The Morgan fingerprint density at radius 3 is 2.75 bits per heavy atom. The molecule has 0 aliphatic carbocycles. The summed E-state index contributed by atoms with van der Waals surface area (Å²) in [7, 11) is 2.04. The summed E-state index contributed by atoms with van der Waals surface area (Å²) in [6.07, 6.45) is 7.15. The van der Waals surface area contributed by atoms with Crippen molar-refractivity contribution in [1.82, 2.24) is 14.9 Å². The molecule has 0 saturated heterocycles. The van der Waals surface area contributed by atoms with Crippen LogP contribution in [0.2, 0.25) is 0 Å². The van der Waals surface area contributed by atoms with Crippen LogP contribution in [0.1, 0.15) is 30.3 Å². The Hall–Kier alpha value is -1.61. The van der Waals surface area contributed by atoms with Gasteiger partial charge in [0, 0.05) is 31.4 Å². The minimum Gasteiger partial charge on any atom is -0.335 e. The predicted octanol–water partition coefficient (Wildman–Crippen LogP) is 2.97. The van der Waals surface area contributed by atoms with Crippen molar-refractivity contribution < 1.29 is 0 Å². The minimum absolute atomic E-state index is 0.425. The molecule has 0 aliphatic rings. The molecule has 0 fully saturated rings. The first-order chi connectivity index (χ1) is 9.74. The lowest BCUT2D eigenvalue weighted by molar-refractivity contribution is 0.519. The molecule has 3 nitrogen and oxygen atoms in total. The molecule has 1 atom stereocenters. The monoisotopic (exact) mass is 271 g/mol. The number of likely N-dealkylation sites (N-methyl/N-ethyl adjacent to an activating group) is 1. The summed E-state index contributed by atoms with van der Waals surface area (Å²) >= 11 is 0. The molecule has 1 unspecified atom stereocenters. The van der Waals surface area contributed by atoms with E-state index in [1.807, 2.05) is 13.2 Å². The van der Waals surface area contributed by atoms with Crippen molar-refractivity contribution >= 4 is 0 Å². The molecule has 1 N–H and O–H groups in total. The maximum absolute atomic E-state index is 4.51. The van der Waals surface area contributed by atoms with Crippen LogP contribution in [0, 0.1) is 6.92 Å². The van der Waals surface area contributed by atoms with Crippen molar-refractivity contribution in [2.75, 3.05) is 7.05 Å². The van der Waals surface area contributed by atoms with E-state index >= 15 is 0 Å². The van der Waals surface area contributed by atoms with Gasteiger partial charge in [-0.25, -0.2) is 4.98 Å². The van der Waals surface area contributed by atoms with Crippen LogP contribution >= 0.6 is 0 Å². The van der Waals surface area contributed by atoms with Crippen LogP contribution in [0.5, 0.6) is 0 Å². The zero-order valence-electron chi connectivity index (χ0n) is 12.8. The van der Waals surface area contributed by atoms with Crippen molar-refractivity contribution in [1.29, 1.82) is 0 Å². The van der Waals surface area contributed by atoms with Gasteiger partial charge in [0.15, 0.2) is 0 Å². The van der Waals surface area contributed by atoms with Crippen LogP contribution in [0.25, 0.3) is 0 Å². The van der Waals surface area contributed by atoms with E-state index in [1.165, 1.54) is 17.0 Å². The Balaban J connectivity index is 2.05. The van der Waals surface area contributed by atoms with Gasteiger partial charge in [-0.2, -0.15) is 0 Å². The van der Waals surface area contributed by atoms with Crippen LogP contribution in [0.4, 0.5) is 0 Å². The van der Waals surface area contributed by atoms with Crippen LogP contribution < -0.4 is 5.32 Å². The molecular weight excluding hydrogens is 246 g/mol. The Labute approximate surface area is 122 Å². The number of aryl methyl sites for hydroxylation is 2. The molecular formula is C17H25N3. The second-order valence-corrected chi connectivity index (χ2v) is 5.36. The van der Waals surface area contributed by atoms with Crippen molar-refractivity contribution in [2.45, 2.75) is 45.7 Å². The first-order valence-corrected chi connectivity index (χ1v) is 7.46. The third kappa shape index (κ3) is 3.70. The number of hydrogen-bond donors (Lipinski definition) is 1. The average molecular weight is 271 g/mol. The molecule has 3 heteroatoms. The van der Waals surface area contributed by atoms with Crippen molar-refractivity contribution in [3.05, 3.63) is 53.6 Å². The number of aromatic nitrogens is 2. The Morgan fingerprint density at radius 1 is 1.25 bits per heavy atom. The summed E-state index contributed by atoms with van der Waals surface area (Å²) in [5, 5.41) is 3.43. The highest BCUT2D eigenvalue weighted by molar-refractivity contribution is 5.26. The summed E-state index contributed by atoms with van der Waals surface area (Å²) in [4.78, 5) is 4.51. The first-order valence-electron chi connectivity index (χ1n) is 7.46. The van der Waals surface area contributed by atoms with E-state index in [0.29, 0.717) is 6.04 Å². The van der Waals surface area contributed by atoms with E-state index in [9.17, 15) is 0 Å². The number of nitrogens with zero attached hydrogens (tertiary/aromatic N) is 2. The molecule has 1 heterocycles. The molecule has 1 aromatic carbocycles. The highest BCUT2D eigenvalue weighted by atomic mass is 15.1. The van der Waals surface area contributed by atoms with E-state index < -0.39 is 0 Å². The number of nitrogens with one attached hydrogen (secondary N) is 1. The fraction of sp³-hybridized carbons (Fsp3) is 0.471. The summed E-state index contributed by atoms with van der Waals surface area (Å²) in [5.41, 5.74) is 2.78. The van der Waals surface area contributed by atoms with Crippen molar-refractivity contribution in [3.8, 4) is 0 Å². The Bertz CT molecular complexity index is 531. The summed E-state index contributed by atoms with van der Waals surface area (Å²) < 4.78 is 2.27. The molecule has 108 valence electrons. The second-order valence-electron chi connectivity index (χ2n) is 5.36. The summed E-state index contributed by atoms with van der Waals surface area (Å²) in [5.74, 6) is 1.18. The molecule has 2 aromatic rings. The molecule has 0 radical (unpaired) electrons. The highest BCUT2D eigenvalue weighted by Crippen LogP contribution is 2.12. The molecule has 2 rings (SSSR count). The third-order valence-corrected chi connectivity index (χ3v) is 3.83. The third-order valence-electron chi connectivity index (χ3n) is 3.83. The fourth-order valence-corrected chi connectivity index (χ4v) is 2.58. The van der Waals surface area contributed by atoms with Gasteiger partial charge in [0.2, 0.25) is 0 Å². The van der Waals surface area contributed by atoms with Crippen molar-refractivity contribution in [2.24, 2.45) is 0 Å². The van der Waals surface area contributed by atoms with Gasteiger partial charge in [0.1, 0.15) is 5.82 Å². The van der Waals surface area contributed by atoms with Gasteiger partial charge in [-0.05, 0) is 37.9 Å². The average Bonchev–Trinajstić information content (AvgIpc) is 2.88. The van der Waals surface area contributed by atoms with E-state index in [1.54, 1.807) is 0 Å². The van der Waals surface area contributed by atoms with E-state index in [4.69, 9.17) is 0 Å². The molecule has 0 saturated carbocycles. The molecule has 1 aromatic heterocycles. The normalized spacial score (nSPS) is 12.6. The fourth-order valence-electron chi connectivity index (χ4n) is 2.58. The van der Waals surface area contributed by atoms with Gasteiger partial charge < -0.3 is 9.88 Å². The van der Waals surface area contributed by atoms with Gasteiger partial charge in [0.25, 0.3) is 0 Å². The molecule has 0 spiro atoms. The number of benzene rings is 1. The van der Waals surface area contributed by atoms with Gasteiger partial charge >= 0.3 is 0 Å². The van der Waals surface area contributed by atoms with Crippen LogP contribution in [0.15, 0.2) is 36.7 Å². The lowest BCUT2D eigenvalue weighted by atomic mass is 9.99. The molecule has 0 bridgehead atoms. The zero-order chi connectivity index (χ0) is 14.4. The Kier molecular flexibility index (Phi) is 5.36. The summed E-state index contributed by atoms with van der Waals surface area (Å²) in [6.45, 7) is 5.43. The molecule has 0 aliphatic heterocycles. The lowest BCUT2D eigenvalue weighted by Crippen LogP contribution is -2.31. The quantitative estimate of drug-likeness (QED) is 0.839. The lowest BCUT2D eigenvalue weighted by Gasteiger charge is -2.18. The zero-order valence-corrected chi connectivity index (χ0v) is 12.8. The number of rotatable bonds is 7. The van der Waals surface area contributed by atoms with E-state index in [0.717, 1.165) is 25.8 Å². The largest absolute Gasteiger partial charge is 0.335 e. The maximum atomic E-state index is 4.51. The predicted molar refractivity (Wildman–Crippen MR) is 84.0 cm³/mol. The van der Waals surface area contributed by atoms with Gasteiger partial charge in [-0.1, -0.05) is 31.2 Å². The van der Waals surface area contributed by atoms with E-state index in [-0.39, 0.29) is 0 Å². The van der Waals surface area contributed by atoms with Gasteiger partial charge in [-0.15, -0.1) is 0 Å². The molecule has 20 heavy (non-hydrogen) atoms. The van der Waals surface area contributed by atoms with Crippen LogP contribution in [-0.4, -0.2) is 22.6 Å². The second kappa shape index (κ2) is 7.25. The van der Waals surface area contributed by atoms with Gasteiger partial charge in [-0.3, -0.25) is 0 Å². The summed E-state index contributed by atoms with van der Waals surface area (Å²) in [6, 6.07) is 9.04. The van der Waals surface area contributed by atoms with Crippen molar-refractivity contribution in [3.63, 3.8) is 0 Å². The number of hydrogen-bond acceptors (Lipinski definition) is 2. The minimum atomic E-state index is 0.425. The number of imidazole rings is 1. The first kappa shape index (κ1) is 14.8. The van der Waals surface area contributed by atoms with Crippen LogP contribution in [-0.2, 0) is 19.4 Å². The van der Waals surface area contributed by atoms with Crippen LogP contribution in [0.3, 0.4) is 0 Å². The topological polar surface area (TPSA) is 29.9 Å². The van der Waals surface area contributed by atoms with Gasteiger partial charge in [0.05, 0.1) is 0 Å². The van der Waals surface area contributed by atoms with E-state index in [2.05, 4.69) is 59.2 Å². The standard InChI is InChI=1S/C17H25N3/c1-4-10-20-11-9-19-17(20)13-16(18-3)12-15-8-6-5-7-14(15)2/h5-9,11,16,18H,4,10,12-13H2,1-3H3. The Morgan fingerprint density at radius 2 is 2.05 bits per heavy atom. The highest BCUT2D eigenvalue weighted by Gasteiger charge is 2.13. The maximum Gasteiger partial charge on any atom is 0.110 e. The SMILES string of the molecule is CCCn1ccnc1CC(Cc1ccccc1C)NC. The molecule has 0 amide bonds. The smallest absolute Gasteiger partial charge is 0.110 e.